The first-order chi connectivity index (χ1) is 4.72. The Balaban J connectivity index is 3.93. The number of allylic oxidation sites excluding steroid dienone is 1. The van der Waals surface area contributed by atoms with Gasteiger partial charge in [0.25, 0.3) is 0 Å². The molecule has 0 amide bonds. The van der Waals surface area contributed by atoms with Gasteiger partial charge in [-0.2, -0.15) is 0 Å². The first kappa shape index (κ1) is 8.68. The molecule has 0 aromatic rings. The zero-order valence-electron chi connectivity index (χ0n) is 5.53. The summed E-state index contributed by atoms with van der Waals surface area (Å²) in [5.41, 5.74) is 0. The van der Waals surface area contributed by atoms with E-state index >= 15 is 0 Å². The number of carbonyl (C=O) groups is 2. The molecule has 0 unspecified atom stereocenters. The minimum absolute atomic E-state index is 0.176. The second-order valence-electron chi connectivity index (χ2n) is 1.41. The highest BCUT2D eigenvalue weighted by Gasteiger charge is 2.05. The van der Waals surface area contributed by atoms with E-state index in [0.717, 1.165) is 6.08 Å². The second kappa shape index (κ2) is 4.55. The standard InChI is InChI=1S/C6H8O4/c1-2-10-6(9)5(8)3-4-7/h3-4,8H,2H2,1H3/b5-3+. The molecule has 0 rings (SSSR count). The van der Waals surface area contributed by atoms with E-state index in [1.807, 2.05) is 0 Å². The summed E-state index contributed by atoms with van der Waals surface area (Å²) in [5, 5.41) is 8.60. The third-order valence-corrected chi connectivity index (χ3v) is 0.710. The van der Waals surface area contributed by atoms with Crippen molar-refractivity contribution in [2.75, 3.05) is 6.61 Å². The number of esters is 1. The van der Waals surface area contributed by atoms with Gasteiger partial charge in [-0.1, -0.05) is 0 Å². The van der Waals surface area contributed by atoms with Crippen LogP contribution in [0.15, 0.2) is 11.8 Å². The monoisotopic (exact) mass is 144 g/mol. The lowest BCUT2D eigenvalue weighted by atomic mass is 10.5. The predicted octanol–water partition coefficient (Wildman–Crippen LogP) is 0.190. The van der Waals surface area contributed by atoms with Gasteiger partial charge in [0.05, 0.1) is 6.61 Å². The van der Waals surface area contributed by atoms with E-state index in [4.69, 9.17) is 5.11 Å². The van der Waals surface area contributed by atoms with Gasteiger partial charge in [-0.05, 0) is 6.92 Å². The van der Waals surface area contributed by atoms with Gasteiger partial charge in [0.15, 0.2) is 0 Å². The van der Waals surface area contributed by atoms with Crippen LogP contribution in [0.1, 0.15) is 6.92 Å². The van der Waals surface area contributed by atoms with Crippen molar-refractivity contribution in [2.45, 2.75) is 6.92 Å². The Labute approximate surface area is 58.1 Å². The van der Waals surface area contributed by atoms with Gasteiger partial charge in [0.1, 0.15) is 6.29 Å². The van der Waals surface area contributed by atoms with Gasteiger partial charge < -0.3 is 9.84 Å². The molecule has 0 saturated heterocycles. The summed E-state index contributed by atoms with van der Waals surface area (Å²) in [5.74, 6) is -1.55. The van der Waals surface area contributed by atoms with E-state index in [2.05, 4.69) is 4.74 Å². The molecular weight excluding hydrogens is 136 g/mol. The predicted molar refractivity (Wildman–Crippen MR) is 33.4 cm³/mol. The van der Waals surface area contributed by atoms with Crippen molar-refractivity contribution in [3.8, 4) is 0 Å². The van der Waals surface area contributed by atoms with E-state index in [1.165, 1.54) is 0 Å². The van der Waals surface area contributed by atoms with Crippen LogP contribution in [0.25, 0.3) is 0 Å². The minimum atomic E-state index is -0.880. The van der Waals surface area contributed by atoms with Crippen LogP contribution < -0.4 is 0 Å². The number of hydrogen-bond donors (Lipinski definition) is 1. The van der Waals surface area contributed by atoms with Crippen molar-refractivity contribution in [3.05, 3.63) is 11.8 Å². The second-order valence-corrected chi connectivity index (χ2v) is 1.41. The average Bonchev–Trinajstić information content (AvgIpc) is 1.89. The van der Waals surface area contributed by atoms with Crippen LogP contribution in [-0.4, -0.2) is 24.0 Å². The largest absolute Gasteiger partial charge is 0.502 e. The Morgan fingerprint density at radius 3 is 2.70 bits per heavy atom. The third kappa shape index (κ3) is 2.86. The molecule has 4 nitrogen and oxygen atoms in total. The van der Waals surface area contributed by atoms with Gasteiger partial charge >= 0.3 is 5.97 Å². The lowest BCUT2D eigenvalue weighted by Gasteiger charge is -1.96. The molecule has 0 saturated carbocycles. The van der Waals surface area contributed by atoms with E-state index < -0.39 is 11.7 Å². The van der Waals surface area contributed by atoms with Crippen molar-refractivity contribution in [2.24, 2.45) is 0 Å². The smallest absolute Gasteiger partial charge is 0.373 e. The summed E-state index contributed by atoms with van der Waals surface area (Å²) in [6.07, 6.45) is 1.05. The fourth-order valence-electron chi connectivity index (χ4n) is 0.338. The van der Waals surface area contributed by atoms with Gasteiger partial charge in [0.2, 0.25) is 5.76 Å². The lowest BCUT2D eigenvalue weighted by Crippen LogP contribution is -2.06. The van der Waals surface area contributed by atoms with Crippen LogP contribution in [0.4, 0.5) is 0 Å². The number of aldehydes is 1. The first-order valence-corrected chi connectivity index (χ1v) is 2.74. The van der Waals surface area contributed by atoms with Crippen molar-refractivity contribution in [1.29, 1.82) is 0 Å². The maximum absolute atomic E-state index is 10.4. The van der Waals surface area contributed by atoms with E-state index in [0.29, 0.717) is 6.29 Å². The molecule has 0 aliphatic carbocycles. The maximum atomic E-state index is 10.4. The van der Waals surface area contributed by atoms with Crippen LogP contribution in [0.5, 0.6) is 0 Å². The summed E-state index contributed by atoms with van der Waals surface area (Å²) in [6, 6.07) is 0. The SMILES string of the molecule is CCOC(=O)/C(O)=C\C=O. The van der Waals surface area contributed by atoms with Crippen LogP contribution in [0, 0.1) is 0 Å². The topological polar surface area (TPSA) is 63.6 Å². The molecule has 0 aromatic heterocycles. The molecule has 0 atom stereocenters. The number of ether oxygens (including phenoxy) is 1. The zero-order chi connectivity index (χ0) is 7.98. The fourth-order valence-corrected chi connectivity index (χ4v) is 0.338. The Morgan fingerprint density at radius 1 is 1.70 bits per heavy atom. The van der Waals surface area contributed by atoms with E-state index in [-0.39, 0.29) is 6.61 Å². The van der Waals surface area contributed by atoms with Crippen LogP contribution in [0.3, 0.4) is 0 Å². The molecule has 0 spiro atoms. The zero-order valence-corrected chi connectivity index (χ0v) is 5.53. The lowest BCUT2D eigenvalue weighted by molar-refractivity contribution is -0.141. The summed E-state index contributed by atoms with van der Waals surface area (Å²) in [4.78, 5) is 20.1. The highest BCUT2D eigenvalue weighted by atomic mass is 16.5. The quantitative estimate of drug-likeness (QED) is 0.266. The molecule has 4 heteroatoms. The molecule has 0 aliphatic heterocycles. The first-order valence-electron chi connectivity index (χ1n) is 2.74. The summed E-state index contributed by atoms with van der Waals surface area (Å²) < 4.78 is 4.34. The van der Waals surface area contributed by atoms with E-state index in [1.54, 1.807) is 6.92 Å². The normalized spacial score (nSPS) is 10.7. The Kier molecular flexibility index (Phi) is 3.95. The molecule has 1 N–H and O–H groups in total. The number of hydrogen-bond acceptors (Lipinski definition) is 4. The Morgan fingerprint density at radius 2 is 2.30 bits per heavy atom. The van der Waals surface area contributed by atoms with Crippen LogP contribution in [-0.2, 0) is 14.3 Å². The number of rotatable bonds is 3. The molecule has 0 fully saturated rings. The molecule has 10 heavy (non-hydrogen) atoms. The van der Waals surface area contributed by atoms with Crippen molar-refractivity contribution in [3.63, 3.8) is 0 Å². The van der Waals surface area contributed by atoms with Gasteiger partial charge in [-0.15, -0.1) is 0 Å². The maximum Gasteiger partial charge on any atom is 0.373 e. The van der Waals surface area contributed by atoms with E-state index in [9.17, 15) is 9.59 Å². The number of aliphatic hydroxyl groups is 1. The summed E-state index contributed by atoms with van der Waals surface area (Å²) in [6.45, 7) is 1.78. The Hall–Kier alpha value is -1.32. The molecule has 0 aromatic carbocycles. The van der Waals surface area contributed by atoms with Crippen molar-refractivity contribution in [1.82, 2.24) is 0 Å². The van der Waals surface area contributed by atoms with Gasteiger partial charge in [0, 0.05) is 6.08 Å². The highest BCUT2D eigenvalue weighted by molar-refractivity contribution is 5.89. The van der Waals surface area contributed by atoms with Crippen LogP contribution >= 0.6 is 0 Å². The van der Waals surface area contributed by atoms with Crippen molar-refractivity contribution < 1.29 is 19.4 Å². The number of carbonyl (C=O) groups excluding carboxylic acids is 2. The van der Waals surface area contributed by atoms with Crippen molar-refractivity contribution >= 4 is 12.3 Å². The molecule has 0 radical (unpaired) electrons. The van der Waals surface area contributed by atoms with Crippen LogP contribution in [0.2, 0.25) is 0 Å². The minimum Gasteiger partial charge on any atom is -0.502 e. The number of aliphatic hydroxyl groups excluding tert-OH is 1. The molecule has 56 valence electrons. The van der Waals surface area contributed by atoms with Gasteiger partial charge in [-0.3, -0.25) is 4.79 Å². The molecule has 0 heterocycles. The molecule has 0 aliphatic rings. The third-order valence-electron chi connectivity index (χ3n) is 0.710. The Bertz CT molecular complexity index is 159. The highest BCUT2D eigenvalue weighted by Crippen LogP contribution is 1.90. The fraction of sp³-hybridized carbons (Fsp3) is 0.333. The summed E-state index contributed by atoms with van der Waals surface area (Å²) >= 11 is 0. The average molecular weight is 144 g/mol. The molecule has 0 bridgehead atoms. The molecular formula is C6H8O4. The summed E-state index contributed by atoms with van der Waals surface area (Å²) in [7, 11) is 0. The van der Waals surface area contributed by atoms with Gasteiger partial charge in [-0.25, -0.2) is 4.79 Å².